The Labute approximate surface area is 79.7 Å². The van der Waals surface area contributed by atoms with E-state index in [1.807, 2.05) is 0 Å². The molecule has 0 rings (SSSR count). The van der Waals surface area contributed by atoms with Gasteiger partial charge >= 0.3 is 12.1 Å². The summed E-state index contributed by atoms with van der Waals surface area (Å²) in [6, 6.07) is -2.41. The van der Waals surface area contributed by atoms with Crippen molar-refractivity contribution in [3.8, 4) is 0 Å². The molecule has 4 N–H and O–H groups in total. The van der Waals surface area contributed by atoms with Crippen LogP contribution in [0.3, 0.4) is 0 Å². The fourth-order valence-electron chi connectivity index (χ4n) is 0.539. The molecular weight excluding hydrogens is 259 g/mol. The Morgan fingerprint density at radius 2 is 1.92 bits per heavy atom. The van der Waals surface area contributed by atoms with Crippen LogP contribution in [-0.4, -0.2) is 39.3 Å². The van der Waals surface area contributed by atoms with Crippen molar-refractivity contribution in [3.63, 3.8) is 0 Å². The van der Waals surface area contributed by atoms with Crippen molar-refractivity contribution < 1.29 is 28.2 Å². The summed E-state index contributed by atoms with van der Waals surface area (Å²) in [4.78, 5) is 10.1. The first kappa shape index (κ1) is 12.7. The van der Waals surface area contributed by atoms with E-state index in [0.29, 0.717) is 0 Å². The molecule has 2 unspecified atom stereocenters. The summed E-state index contributed by atoms with van der Waals surface area (Å²) in [5.74, 6) is -1.92. The molecule has 0 aliphatic carbocycles. The van der Waals surface area contributed by atoms with E-state index in [1.165, 1.54) is 0 Å². The molecule has 0 amide bonds. The Hall–Kier alpha value is -0.340. The van der Waals surface area contributed by atoms with Crippen molar-refractivity contribution >= 4 is 21.9 Å². The van der Waals surface area contributed by atoms with E-state index in [-0.39, 0.29) is 0 Å². The van der Waals surface area contributed by atoms with Gasteiger partial charge < -0.3 is 15.9 Å². The van der Waals surface area contributed by atoms with Crippen LogP contribution in [0.15, 0.2) is 0 Å². The van der Waals surface area contributed by atoms with E-state index in [9.17, 15) is 18.0 Å². The van der Waals surface area contributed by atoms with Gasteiger partial charge in [0, 0.05) is 5.33 Å². The summed E-state index contributed by atoms with van der Waals surface area (Å²) < 4.78 is 36.3. The van der Waals surface area contributed by atoms with E-state index in [2.05, 4.69) is 15.9 Å². The van der Waals surface area contributed by atoms with Gasteiger partial charge in [0.15, 0.2) is 5.60 Å². The topological polar surface area (TPSA) is 83.6 Å². The second-order valence-electron chi connectivity index (χ2n) is 2.37. The van der Waals surface area contributed by atoms with Gasteiger partial charge in [0.1, 0.15) is 6.04 Å². The van der Waals surface area contributed by atoms with E-state index in [4.69, 9.17) is 15.9 Å². The highest BCUT2D eigenvalue weighted by Crippen LogP contribution is 2.34. The van der Waals surface area contributed by atoms with Gasteiger partial charge in [0.2, 0.25) is 0 Å². The number of halogens is 4. The molecule has 0 heterocycles. The Morgan fingerprint density at radius 3 is 2.00 bits per heavy atom. The normalized spacial score (nSPS) is 19.2. The van der Waals surface area contributed by atoms with E-state index < -0.39 is 29.1 Å². The second-order valence-corrected chi connectivity index (χ2v) is 2.93. The molecule has 0 fully saturated rings. The first-order valence-electron chi connectivity index (χ1n) is 3.00. The molecule has 0 bridgehead atoms. The summed E-state index contributed by atoms with van der Waals surface area (Å²) in [5.41, 5.74) is 1.25. The van der Waals surface area contributed by atoms with Crippen molar-refractivity contribution in [2.45, 2.75) is 17.8 Å². The molecule has 0 saturated carbocycles. The molecule has 2 atom stereocenters. The molecular formula is C5H7BrF3NO3. The number of carboxylic acids is 1. The molecule has 0 spiro atoms. The average Bonchev–Trinajstić information content (AvgIpc) is 1.99. The lowest BCUT2D eigenvalue weighted by atomic mass is 9.97. The molecule has 0 aliphatic rings. The fourth-order valence-corrected chi connectivity index (χ4v) is 1.21. The summed E-state index contributed by atoms with van der Waals surface area (Å²) in [7, 11) is 0. The number of nitrogens with two attached hydrogens (primary N) is 1. The molecule has 0 aromatic carbocycles. The number of carboxylic acid groups (broad SMARTS) is 1. The smallest absolute Gasteiger partial charge is 0.420 e. The summed E-state index contributed by atoms with van der Waals surface area (Å²) in [6.07, 6.45) is -5.09. The number of hydrogen-bond acceptors (Lipinski definition) is 3. The lowest BCUT2D eigenvalue weighted by molar-refractivity contribution is -0.257. The van der Waals surface area contributed by atoms with Gasteiger partial charge in [-0.3, -0.25) is 4.79 Å². The van der Waals surface area contributed by atoms with E-state index >= 15 is 0 Å². The quantitative estimate of drug-likeness (QED) is 0.632. The van der Waals surface area contributed by atoms with Crippen LogP contribution < -0.4 is 5.73 Å². The predicted octanol–water partition coefficient (Wildman–Crippen LogP) is 0.0866. The maximum Gasteiger partial charge on any atom is 0.420 e. The van der Waals surface area contributed by atoms with Gasteiger partial charge in [-0.1, -0.05) is 15.9 Å². The Bertz CT molecular complexity index is 210. The molecule has 13 heavy (non-hydrogen) atoms. The van der Waals surface area contributed by atoms with E-state index in [1.54, 1.807) is 0 Å². The van der Waals surface area contributed by atoms with Gasteiger partial charge in [-0.2, -0.15) is 13.2 Å². The molecule has 0 aromatic heterocycles. The Kier molecular flexibility index (Phi) is 3.71. The van der Waals surface area contributed by atoms with Gasteiger partial charge in [0.25, 0.3) is 0 Å². The SMILES string of the molecule is NC(C(=O)O)C(O)(CBr)C(F)(F)F. The molecule has 0 aromatic rings. The molecule has 0 aliphatic heterocycles. The molecule has 0 radical (unpaired) electrons. The lowest BCUT2D eigenvalue weighted by Crippen LogP contribution is -2.62. The minimum absolute atomic E-state index is 0.989. The largest absolute Gasteiger partial charge is 0.480 e. The summed E-state index contributed by atoms with van der Waals surface area (Å²) >= 11 is 2.36. The maximum absolute atomic E-state index is 12.1. The highest BCUT2D eigenvalue weighted by molar-refractivity contribution is 9.09. The zero-order valence-electron chi connectivity index (χ0n) is 6.18. The van der Waals surface area contributed by atoms with Crippen LogP contribution in [0.4, 0.5) is 13.2 Å². The van der Waals surface area contributed by atoms with Crippen LogP contribution in [0.1, 0.15) is 0 Å². The second kappa shape index (κ2) is 3.81. The third-order valence-electron chi connectivity index (χ3n) is 1.48. The third-order valence-corrected chi connectivity index (χ3v) is 2.33. The van der Waals surface area contributed by atoms with E-state index in [0.717, 1.165) is 0 Å². The molecule has 8 heteroatoms. The monoisotopic (exact) mass is 265 g/mol. The van der Waals surface area contributed by atoms with Crippen LogP contribution in [0.2, 0.25) is 0 Å². The molecule has 4 nitrogen and oxygen atoms in total. The average molecular weight is 266 g/mol. The predicted molar refractivity (Wildman–Crippen MR) is 40.4 cm³/mol. The number of carbonyl (C=O) groups is 1. The molecule has 78 valence electrons. The highest BCUT2D eigenvalue weighted by Gasteiger charge is 2.59. The standard InChI is InChI=1S/C5H7BrF3NO3/c6-1-4(13,5(7,8)9)2(10)3(11)12/h2,13H,1,10H2,(H,11,12). The van der Waals surface area contributed by atoms with Crippen molar-refractivity contribution in [2.75, 3.05) is 5.33 Å². The van der Waals surface area contributed by atoms with Crippen LogP contribution in [0, 0.1) is 0 Å². The minimum atomic E-state index is -5.09. The first-order valence-corrected chi connectivity index (χ1v) is 4.12. The van der Waals surface area contributed by atoms with Crippen molar-refractivity contribution in [1.82, 2.24) is 0 Å². The third kappa shape index (κ3) is 2.32. The first-order chi connectivity index (χ1) is 5.66. The zero-order valence-corrected chi connectivity index (χ0v) is 7.76. The Morgan fingerprint density at radius 1 is 1.54 bits per heavy atom. The zero-order chi connectivity index (χ0) is 10.9. The number of rotatable bonds is 3. The van der Waals surface area contributed by atoms with Crippen LogP contribution in [-0.2, 0) is 4.79 Å². The summed E-state index contributed by atoms with van der Waals surface area (Å²) in [5, 5.41) is 16.1. The highest BCUT2D eigenvalue weighted by atomic mass is 79.9. The minimum Gasteiger partial charge on any atom is -0.480 e. The maximum atomic E-state index is 12.1. The number of alkyl halides is 4. The van der Waals surface area contributed by atoms with Crippen LogP contribution >= 0.6 is 15.9 Å². The van der Waals surface area contributed by atoms with Crippen LogP contribution in [0.5, 0.6) is 0 Å². The van der Waals surface area contributed by atoms with Gasteiger partial charge in [-0.25, -0.2) is 0 Å². The van der Waals surface area contributed by atoms with Gasteiger partial charge in [-0.05, 0) is 0 Å². The molecule has 0 saturated heterocycles. The summed E-state index contributed by atoms with van der Waals surface area (Å²) in [6.45, 7) is 0. The van der Waals surface area contributed by atoms with Crippen molar-refractivity contribution in [1.29, 1.82) is 0 Å². The fraction of sp³-hybridized carbons (Fsp3) is 0.800. The van der Waals surface area contributed by atoms with Crippen molar-refractivity contribution in [3.05, 3.63) is 0 Å². The number of aliphatic carboxylic acids is 1. The lowest BCUT2D eigenvalue weighted by Gasteiger charge is -2.31. The number of hydrogen-bond donors (Lipinski definition) is 3. The van der Waals surface area contributed by atoms with Gasteiger partial charge in [0.05, 0.1) is 0 Å². The van der Waals surface area contributed by atoms with Crippen LogP contribution in [0.25, 0.3) is 0 Å². The number of aliphatic hydroxyl groups is 1. The van der Waals surface area contributed by atoms with Crippen molar-refractivity contribution in [2.24, 2.45) is 5.73 Å². The Balaban J connectivity index is 4.95. The van der Waals surface area contributed by atoms with Gasteiger partial charge in [-0.15, -0.1) is 0 Å².